The van der Waals surface area contributed by atoms with Crippen molar-refractivity contribution < 1.29 is 9.47 Å². The predicted octanol–water partition coefficient (Wildman–Crippen LogP) is 1.86. The Morgan fingerprint density at radius 3 is 2.82 bits per heavy atom. The Labute approximate surface area is 67.2 Å². The summed E-state index contributed by atoms with van der Waals surface area (Å²) in [7, 11) is 0. The Morgan fingerprint density at radius 1 is 1.45 bits per heavy atom. The summed E-state index contributed by atoms with van der Waals surface area (Å²) in [5.41, 5.74) is 1.19. The average molecular weight is 154 g/mol. The maximum Gasteiger partial charge on any atom is 0.164 e. The second-order valence-corrected chi connectivity index (χ2v) is 3.79. The van der Waals surface area contributed by atoms with Gasteiger partial charge >= 0.3 is 0 Å². The van der Waals surface area contributed by atoms with E-state index in [2.05, 4.69) is 6.58 Å². The molecule has 0 N–H and O–H groups in total. The van der Waals surface area contributed by atoms with Gasteiger partial charge in [0.15, 0.2) is 5.79 Å². The van der Waals surface area contributed by atoms with E-state index < -0.39 is 5.79 Å². The van der Waals surface area contributed by atoms with E-state index in [-0.39, 0.29) is 12.2 Å². The lowest BCUT2D eigenvalue weighted by Crippen LogP contribution is -2.22. The maximum absolute atomic E-state index is 5.66. The van der Waals surface area contributed by atoms with E-state index in [0.29, 0.717) is 0 Å². The molecule has 0 unspecified atom stereocenters. The van der Waals surface area contributed by atoms with E-state index in [1.165, 1.54) is 5.57 Å². The van der Waals surface area contributed by atoms with Crippen LogP contribution in [0.4, 0.5) is 0 Å². The lowest BCUT2D eigenvalue weighted by atomic mass is 10.2. The summed E-state index contributed by atoms with van der Waals surface area (Å²) in [6, 6.07) is 0. The van der Waals surface area contributed by atoms with Crippen LogP contribution in [0.15, 0.2) is 12.2 Å². The molecule has 1 aliphatic carbocycles. The summed E-state index contributed by atoms with van der Waals surface area (Å²) in [5, 5.41) is 0. The number of ether oxygens (including phenoxy) is 2. The molecule has 0 aromatic heterocycles. The van der Waals surface area contributed by atoms with Gasteiger partial charge in [-0.05, 0) is 32.3 Å². The Morgan fingerprint density at radius 2 is 2.18 bits per heavy atom. The molecule has 2 aliphatic rings. The minimum atomic E-state index is -0.390. The van der Waals surface area contributed by atoms with Crippen molar-refractivity contribution in [1.82, 2.24) is 0 Å². The van der Waals surface area contributed by atoms with Crippen LogP contribution in [0.1, 0.15) is 26.7 Å². The monoisotopic (exact) mass is 154 g/mol. The van der Waals surface area contributed by atoms with E-state index in [1.54, 1.807) is 0 Å². The highest BCUT2D eigenvalue weighted by atomic mass is 16.8. The fourth-order valence-corrected chi connectivity index (χ4v) is 1.86. The predicted molar refractivity (Wildman–Crippen MR) is 42.2 cm³/mol. The van der Waals surface area contributed by atoms with Crippen molar-refractivity contribution in [2.75, 3.05) is 0 Å². The summed E-state index contributed by atoms with van der Waals surface area (Å²) in [4.78, 5) is 0. The molecule has 1 aliphatic heterocycles. The van der Waals surface area contributed by atoms with Crippen LogP contribution in [0.3, 0.4) is 0 Å². The first kappa shape index (κ1) is 7.32. The van der Waals surface area contributed by atoms with E-state index in [9.17, 15) is 0 Å². The molecule has 0 aromatic rings. The highest BCUT2D eigenvalue weighted by molar-refractivity contribution is 5.14. The smallest absolute Gasteiger partial charge is 0.164 e. The van der Waals surface area contributed by atoms with Crippen LogP contribution in [0.25, 0.3) is 0 Å². The first-order valence-electron chi connectivity index (χ1n) is 4.12. The van der Waals surface area contributed by atoms with Crippen molar-refractivity contribution in [2.45, 2.75) is 44.7 Å². The van der Waals surface area contributed by atoms with E-state index in [0.717, 1.165) is 12.8 Å². The minimum Gasteiger partial charge on any atom is -0.344 e. The van der Waals surface area contributed by atoms with Crippen LogP contribution >= 0.6 is 0 Å². The van der Waals surface area contributed by atoms with Crippen molar-refractivity contribution in [1.29, 1.82) is 0 Å². The summed E-state index contributed by atoms with van der Waals surface area (Å²) in [6.07, 6.45) is 2.58. The SMILES string of the molecule is C=C1CC[C@@H]2OC(C)(C)O[C@H]12. The van der Waals surface area contributed by atoms with Gasteiger partial charge in [0.2, 0.25) is 0 Å². The van der Waals surface area contributed by atoms with Crippen LogP contribution in [0.5, 0.6) is 0 Å². The van der Waals surface area contributed by atoms with E-state index >= 15 is 0 Å². The number of rotatable bonds is 0. The van der Waals surface area contributed by atoms with Gasteiger partial charge in [0.1, 0.15) is 6.10 Å². The van der Waals surface area contributed by atoms with Crippen LogP contribution in [-0.4, -0.2) is 18.0 Å². The molecule has 0 bridgehead atoms. The molecule has 2 fully saturated rings. The lowest BCUT2D eigenvalue weighted by molar-refractivity contribution is -0.146. The van der Waals surface area contributed by atoms with E-state index in [4.69, 9.17) is 9.47 Å². The Kier molecular flexibility index (Phi) is 1.38. The molecule has 62 valence electrons. The summed E-state index contributed by atoms with van der Waals surface area (Å²) in [6.45, 7) is 7.87. The molecule has 0 aromatic carbocycles. The van der Waals surface area contributed by atoms with Crippen molar-refractivity contribution in [3.05, 3.63) is 12.2 Å². The van der Waals surface area contributed by atoms with E-state index in [1.807, 2.05) is 13.8 Å². The van der Waals surface area contributed by atoms with Crippen LogP contribution < -0.4 is 0 Å². The molecule has 2 nitrogen and oxygen atoms in total. The molecule has 1 saturated carbocycles. The number of hydrogen-bond acceptors (Lipinski definition) is 2. The van der Waals surface area contributed by atoms with Gasteiger partial charge in [-0.2, -0.15) is 0 Å². The maximum atomic E-state index is 5.66. The van der Waals surface area contributed by atoms with Crippen LogP contribution in [0.2, 0.25) is 0 Å². The zero-order valence-corrected chi connectivity index (χ0v) is 7.09. The molecule has 0 spiro atoms. The number of hydrogen-bond donors (Lipinski definition) is 0. The Bertz CT molecular complexity index is 196. The third kappa shape index (κ3) is 1.10. The highest BCUT2D eigenvalue weighted by Crippen LogP contribution is 2.40. The Balaban J connectivity index is 2.16. The second-order valence-electron chi connectivity index (χ2n) is 3.79. The molecule has 11 heavy (non-hydrogen) atoms. The zero-order chi connectivity index (χ0) is 8.06. The van der Waals surface area contributed by atoms with Crippen molar-refractivity contribution in [3.63, 3.8) is 0 Å². The summed E-state index contributed by atoms with van der Waals surface area (Å²) >= 11 is 0. The van der Waals surface area contributed by atoms with Gasteiger partial charge in [0, 0.05) is 0 Å². The quantitative estimate of drug-likeness (QED) is 0.496. The van der Waals surface area contributed by atoms with Crippen molar-refractivity contribution in [2.24, 2.45) is 0 Å². The summed E-state index contributed by atoms with van der Waals surface area (Å²) < 4.78 is 11.3. The summed E-state index contributed by atoms with van der Waals surface area (Å²) in [5.74, 6) is -0.390. The molecule has 2 rings (SSSR count). The highest BCUT2D eigenvalue weighted by Gasteiger charge is 2.45. The van der Waals surface area contributed by atoms with Gasteiger partial charge < -0.3 is 9.47 Å². The third-order valence-corrected chi connectivity index (χ3v) is 2.34. The largest absolute Gasteiger partial charge is 0.344 e. The molecule has 2 heteroatoms. The van der Waals surface area contributed by atoms with Gasteiger partial charge in [-0.1, -0.05) is 6.58 Å². The lowest BCUT2D eigenvalue weighted by Gasteiger charge is -2.18. The van der Waals surface area contributed by atoms with Crippen LogP contribution in [0, 0.1) is 0 Å². The first-order chi connectivity index (χ1) is 5.08. The molecule has 0 radical (unpaired) electrons. The van der Waals surface area contributed by atoms with Gasteiger partial charge in [-0.15, -0.1) is 0 Å². The molecule has 2 atom stereocenters. The first-order valence-corrected chi connectivity index (χ1v) is 4.12. The van der Waals surface area contributed by atoms with Crippen LogP contribution in [-0.2, 0) is 9.47 Å². The topological polar surface area (TPSA) is 18.5 Å². The molecular formula is C9H14O2. The zero-order valence-electron chi connectivity index (χ0n) is 7.09. The van der Waals surface area contributed by atoms with Gasteiger partial charge in [-0.3, -0.25) is 0 Å². The fraction of sp³-hybridized carbons (Fsp3) is 0.778. The normalized spacial score (nSPS) is 41.1. The Hall–Kier alpha value is -0.340. The number of fused-ring (bicyclic) bond motifs is 1. The van der Waals surface area contributed by atoms with Crippen molar-refractivity contribution >= 4 is 0 Å². The molecule has 1 heterocycles. The van der Waals surface area contributed by atoms with Gasteiger partial charge in [0.05, 0.1) is 6.10 Å². The standard InChI is InChI=1S/C9H14O2/c1-6-4-5-7-8(6)11-9(2,3)10-7/h7-8H,1,4-5H2,2-3H3/t7-,8+/m0/s1. The average Bonchev–Trinajstić information content (AvgIpc) is 2.31. The molecule has 0 amide bonds. The third-order valence-electron chi connectivity index (χ3n) is 2.34. The van der Waals surface area contributed by atoms with Crippen molar-refractivity contribution in [3.8, 4) is 0 Å². The second kappa shape index (κ2) is 2.08. The molecular weight excluding hydrogens is 140 g/mol. The minimum absolute atomic E-state index is 0.171. The molecule has 1 saturated heterocycles. The fourth-order valence-electron chi connectivity index (χ4n) is 1.86. The van der Waals surface area contributed by atoms with Gasteiger partial charge in [0.25, 0.3) is 0 Å². The van der Waals surface area contributed by atoms with Gasteiger partial charge in [-0.25, -0.2) is 0 Å².